The molecule has 0 radical (unpaired) electrons. The van der Waals surface area contributed by atoms with Crippen LogP contribution >= 0.6 is 24.0 Å². The van der Waals surface area contributed by atoms with Gasteiger partial charge in [0.15, 0.2) is 5.96 Å². The summed E-state index contributed by atoms with van der Waals surface area (Å²) in [6.45, 7) is 11.4. The monoisotopic (exact) mass is 488 g/mol. The van der Waals surface area contributed by atoms with E-state index in [0.29, 0.717) is 12.6 Å². The Morgan fingerprint density at radius 1 is 1.26 bits per heavy atom. The molecule has 0 spiro atoms. The van der Waals surface area contributed by atoms with Crippen LogP contribution in [0.5, 0.6) is 0 Å². The van der Waals surface area contributed by atoms with Crippen LogP contribution in [0.15, 0.2) is 29.3 Å². The molecule has 0 saturated carbocycles. The number of likely N-dealkylation sites (tertiary alicyclic amines) is 1. The summed E-state index contributed by atoms with van der Waals surface area (Å²) in [6, 6.07) is 9.06. The van der Waals surface area contributed by atoms with Crippen LogP contribution in [0.4, 0.5) is 0 Å². The number of piperidine rings is 1. The van der Waals surface area contributed by atoms with Crippen molar-refractivity contribution in [3.63, 3.8) is 0 Å². The minimum absolute atomic E-state index is 0. The minimum Gasteiger partial charge on any atom is -0.374 e. The number of nitrogens with zero attached hydrogens (tertiary/aromatic N) is 2. The van der Waals surface area contributed by atoms with Gasteiger partial charge in [-0.25, -0.2) is 0 Å². The number of hydrogen-bond acceptors (Lipinski definition) is 3. The van der Waals surface area contributed by atoms with Crippen molar-refractivity contribution in [2.45, 2.75) is 65.3 Å². The molecule has 5 nitrogen and oxygen atoms in total. The standard InChI is InChI=1S/C21H36N4O.HI/c1-5-11-25-12-9-20(10-13-25)24-21(22-4)23-15-18-7-6-8-19(14-18)16-26-17(2)3;/h6-8,14,17,20H,5,9-13,15-16H2,1-4H3,(H2,22,23,24);1H. The topological polar surface area (TPSA) is 48.9 Å². The second kappa shape index (κ2) is 13.3. The van der Waals surface area contributed by atoms with Crippen LogP contribution in [0, 0.1) is 0 Å². The van der Waals surface area contributed by atoms with Crippen LogP contribution in [-0.4, -0.2) is 49.7 Å². The molecule has 1 fully saturated rings. The van der Waals surface area contributed by atoms with Gasteiger partial charge in [0.25, 0.3) is 0 Å². The van der Waals surface area contributed by atoms with E-state index in [1.54, 1.807) is 0 Å². The average Bonchev–Trinajstić information content (AvgIpc) is 2.65. The van der Waals surface area contributed by atoms with Crippen LogP contribution < -0.4 is 10.6 Å². The highest BCUT2D eigenvalue weighted by Crippen LogP contribution is 2.11. The molecule has 0 aromatic heterocycles. The molecule has 0 atom stereocenters. The lowest BCUT2D eigenvalue weighted by Crippen LogP contribution is -2.48. The average molecular weight is 488 g/mol. The number of hydrogen-bond donors (Lipinski definition) is 2. The van der Waals surface area contributed by atoms with E-state index in [1.165, 1.54) is 50.0 Å². The molecular formula is C21H37IN4O. The Hall–Kier alpha value is -0.860. The van der Waals surface area contributed by atoms with Gasteiger partial charge in [0.05, 0.1) is 12.7 Å². The molecule has 2 rings (SSSR count). The lowest BCUT2D eigenvalue weighted by molar-refractivity contribution is 0.0657. The number of benzene rings is 1. The normalized spacial score (nSPS) is 16.3. The van der Waals surface area contributed by atoms with Crippen molar-refractivity contribution in [2.24, 2.45) is 4.99 Å². The van der Waals surface area contributed by atoms with Crippen molar-refractivity contribution >= 4 is 29.9 Å². The van der Waals surface area contributed by atoms with Crippen LogP contribution in [0.3, 0.4) is 0 Å². The number of aliphatic imine (C=N–C) groups is 1. The summed E-state index contributed by atoms with van der Waals surface area (Å²) in [6.07, 6.45) is 3.86. The van der Waals surface area contributed by atoms with E-state index in [9.17, 15) is 0 Å². The summed E-state index contributed by atoms with van der Waals surface area (Å²) < 4.78 is 5.70. The van der Waals surface area contributed by atoms with Gasteiger partial charge in [0.1, 0.15) is 0 Å². The maximum absolute atomic E-state index is 5.70. The van der Waals surface area contributed by atoms with Crippen molar-refractivity contribution in [3.8, 4) is 0 Å². The predicted molar refractivity (Wildman–Crippen MR) is 125 cm³/mol. The van der Waals surface area contributed by atoms with Crippen molar-refractivity contribution in [1.82, 2.24) is 15.5 Å². The highest BCUT2D eigenvalue weighted by atomic mass is 127. The summed E-state index contributed by atoms with van der Waals surface area (Å²) >= 11 is 0. The Balaban J connectivity index is 0.00000364. The molecule has 1 saturated heterocycles. The second-order valence-corrected chi connectivity index (χ2v) is 7.37. The van der Waals surface area contributed by atoms with E-state index in [-0.39, 0.29) is 30.1 Å². The third-order valence-corrected chi connectivity index (χ3v) is 4.73. The minimum atomic E-state index is 0. The Kier molecular flexibility index (Phi) is 11.9. The third-order valence-electron chi connectivity index (χ3n) is 4.73. The molecule has 27 heavy (non-hydrogen) atoms. The van der Waals surface area contributed by atoms with Crippen molar-refractivity contribution in [2.75, 3.05) is 26.7 Å². The van der Waals surface area contributed by atoms with Crippen LogP contribution in [-0.2, 0) is 17.9 Å². The first kappa shape index (κ1) is 24.2. The lowest BCUT2D eigenvalue weighted by atomic mass is 10.1. The molecule has 2 N–H and O–H groups in total. The van der Waals surface area contributed by atoms with E-state index in [2.05, 4.69) is 65.6 Å². The van der Waals surface area contributed by atoms with Gasteiger partial charge in [0.2, 0.25) is 0 Å². The van der Waals surface area contributed by atoms with E-state index in [0.717, 1.165) is 12.5 Å². The molecule has 0 aliphatic carbocycles. The zero-order valence-corrected chi connectivity index (χ0v) is 19.7. The second-order valence-electron chi connectivity index (χ2n) is 7.37. The Labute approximate surface area is 182 Å². The van der Waals surface area contributed by atoms with Crippen LogP contribution in [0.2, 0.25) is 0 Å². The van der Waals surface area contributed by atoms with Gasteiger partial charge in [-0.2, -0.15) is 0 Å². The van der Waals surface area contributed by atoms with Gasteiger partial charge in [-0.05, 0) is 50.8 Å². The fourth-order valence-corrected chi connectivity index (χ4v) is 3.28. The Morgan fingerprint density at radius 3 is 2.59 bits per heavy atom. The molecule has 1 aromatic rings. The van der Waals surface area contributed by atoms with E-state index < -0.39 is 0 Å². The summed E-state index contributed by atoms with van der Waals surface area (Å²) in [5, 5.41) is 7.03. The number of nitrogens with one attached hydrogen (secondary N) is 2. The van der Waals surface area contributed by atoms with Gasteiger partial charge < -0.3 is 20.3 Å². The molecule has 1 heterocycles. The quantitative estimate of drug-likeness (QED) is 0.333. The van der Waals surface area contributed by atoms with E-state index in [4.69, 9.17) is 4.74 Å². The van der Waals surface area contributed by atoms with Crippen molar-refractivity contribution < 1.29 is 4.74 Å². The Morgan fingerprint density at radius 2 is 1.96 bits per heavy atom. The zero-order valence-electron chi connectivity index (χ0n) is 17.3. The molecule has 1 aliphatic rings. The van der Waals surface area contributed by atoms with Crippen molar-refractivity contribution in [1.29, 1.82) is 0 Å². The van der Waals surface area contributed by atoms with Crippen molar-refractivity contribution in [3.05, 3.63) is 35.4 Å². The smallest absolute Gasteiger partial charge is 0.191 e. The van der Waals surface area contributed by atoms with Gasteiger partial charge >= 0.3 is 0 Å². The number of ether oxygens (including phenoxy) is 1. The molecule has 0 bridgehead atoms. The number of guanidine groups is 1. The first-order valence-electron chi connectivity index (χ1n) is 9.99. The first-order chi connectivity index (χ1) is 12.6. The SMILES string of the molecule is CCCN1CCC(NC(=NC)NCc2cccc(COC(C)C)c2)CC1.I. The Bertz CT molecular complexity index is 557. The number of rotatable bonds is 8. The van der Waals surface area contributed by atoms with Gasteiger partial charge in [0, 0.05) is 32.7 Å². The maximum Gasteiger partial charge on any atom is 0.191 e. The molecule has 0 amide bonds. The summed E-state index contributed by atoms with van der Waals surface area (Å²) in [7, 11) is 1.84. The van der Waals surface area contributed by atoms with Crippen LogP contribution in [0.25, 0.3) is 0 Å². The fourth-order valence-electron chi connectivity index (χ4n) is 3.28. The molecule has 1 aliphatic heterocycles. The first-order valence-corrected chi connectivity index (χ1v) is 9.99. The molecule has 154 valence electrons. The van der Waals surface area contributed by atoms with Gasteiger partial charge in [-0.3, -0.25) is 4.99 Å². The van der Waals surface area contributed by atoms with Gasteiger partial charge in [-0.1, -0.05) is 31.2 Å². The molecule has 6 heteroatoms. The highest BCUT2D eigenvalue weighted by molar-refractivity contribution is 14.0. The molecular weight excluding hydrogens is 451 g/mol. The summed E-state index contributed by atoms with van der Waals surface area (Å²) in [4.78, 5) is 6.95. The van der Waals surface area contributed by atoms with E-state index >= 15 is 0 Å². The lowest BCUT2D eigenvalue weighted by Gasteiger charge is -2.32. The summed E-state index contributed by atoms with van der Waals surface area (Å²) in [5.41, 5.74) is 2.46. The van der Waals surface area contributed by atoms with Crippen LogP contribution in [0.1, 0.15) is 51.2 Å². The zero-order chi connectivity index (χ0) is 18.8. The fraction of sp³-hybridized carbons (Fsp3) is 0.667. The van der Waals surface area contributed by atoms with Gasteiger partial charge in [-0.15, -0.1) is 24.0 Å². The highest BCUT2D eigenvalue weighted by Gasteiger charge is 2.19. The number of halogens is 1. The maximum atomic E-state index is 5.70. The predicted octanol–water partition coefficient (Wildman–Crippen LogP) is 3.77. The largest absolute Gasteiger partial charge is 0.374 e. The third kappa shape index (κ3) is 9.25. The summed E-state index contributed by atoms with van der Waals surface area (Å²) in [5.74, 6) is 0.891. The van der Waals surface area contributed by atoms with E-state index in [1.807, 2.05) is 7.05 Å². The molecule has 1 aromatic carbocycles. The molecule has 0 unspecified atom stereocenters.